The third-order valence-electron chi connectivity index (χ3n) is 5.73. The van der Waals surface area contributed by atoms with Crippen molar-refractivity contribution in [2.75, 3.05) is 25.2 Å². The van der Waals surface area contributed by atoms with Crippen molar-refractivity contribution in [3.8, 4) is 11.5 Å². The minimum absolute atomic E-state index is 0.0787. The van der Waals surface area contributed by atoms with E-state index in [0.29, 0.717) is 24.5 Å². The van der Waals surface area contributed by atoms with Gasteiger partial charge in [0.15, 0.2) is 0 Å². The minimum atomic E-state index is -0.127. The van der Waals surface area contributed by atoms with Gasteiger partial charge in [-0.2, -0.15) is 0 Å². The van der Waals surface area contributed by atoms with E-state index in [0.717, 1.165) is 35.4 Å². The number of anilines is 1. The molecule has 31 heavy (non-hydrogen) atoms. The second kappa shape index (κ2) is 10.4. The van der Waals surface area contributed by atoms with Gasteiger partial charge in [0.2, 0.25) is 5.91 Å². The van der Waals surface area contributed by atoms with Gasteiger partial charge in [-0.25, -0.2) is 0 Å². The van der Waals surface area contributed by atoms with Gasteiger partial charge in [-0.1, -0.05) is 12.8 Å². The lowest BCUT2D eigenvalue weighted by molar-refractivity contribution is -0.117. The number of nitrogens with one attached hydrogen (secondary N) is 1. The van der Waals surface area contributed by atoms with Crippen molar-refractivity contribution in [2.24, 2.45) is 0 Å². The van der Waals surface area contributed by atoms with Crippen molar-refractivity contribution in [1.29, 1.82) is 0 Å². The molecule has 0 aliphatic heterocycles. The topological polar surface area (TPSA) is 67.9 Å². The molecule has 0 atom stereocenters. The Morgan fingerprint density at radius 2 is 1.81 bits per heavy atom. The third kappa shape index (κ3) is 5.64. The number of rotatable bonds is 8. The standard InChI is InChI=1S/C25H32N2O4/c1-17-16-22(10-11-23(17)25(29)26-13-14-30-4)31-24-12-9-21(15-18(24)2)27(19(3)28)20-7-5-6-8-20/h9-12,15-16,20H,5-8,13-14H2,1-4H3,(H,26,29). The molecular weight excluding hydrogens is 392 g/mol. The fraction of sp³-hybridized carbons (Fsp3) is 0.440. The van der Waals surface area contributed by atoms with Crippen LogP contribution in [-0.2, 0) is 9.53 Å². The van der Waals surface area contributed by atoms with Crippen molar-refractivity contribution in [3.63, 3.8) is 0 Å². The van der Waals surface area contributed by atoms with E-state index in [1.807, 2.05) is 43.0 Å². The molecule has 166 valence electrons. The van der Waals surface area contributed by atoms with Crippen LogP contribution in [-0.4, -0.2) is 38.1 Å². The average molecular weight is 425 g/mol. The normalized spacial score (nSPS) is 13.8. The maximum atomic E-state index is 12.3. The van der Waals surface area contributed by atoms with Crippen LogP contribution in [0.4, 0.5) is 5.69 Å². The molecule has 0 unspecified atom stereocenters. The van der Waals surface area contributed by atoms with Crippen LogP contribution >= 0.6 is 0 Å². The molecule has 1 fully saturated rings. The lowest BCUT2D eigenvalue weighted by Gasteiger charge is -2.28. The van der Waals surface area contributed by atoms with Crippen molar-refractivity contribution in [1.82, 2.24) is 5.32 Å². The Morgan fingerprint density at radius 1 is 1.06 bits per heavy atom. The number of nitrogens with zero attached hydrogens (tertiary/aromatic N) is 1. The summed E-state index contributed by atoms with van der Waals surface area (Å²) < 4.78 is 11.1. The molecule has 0 spiro atoms. The molecule has 1 aliphatic carbocycles. The second-order valence-corrected chi connectivity index (χ2v) is 8.10. The van der Waals surface area contributed by atoms with Gasteiger partial charge in [-0.05, 0) is 74.2 Å². The Hall–Kier alpha value is -2.86. The van der Waals surface area contributed by atoms with Crippen LogP contribution in [0.1, 0.15) is 54.1 Å². The Bertz CT molecular complexity index is 935. The van der Waals surface area contributed by atoms with Crippen molar-refractivity contribution >= 4 is 17.5 Å². The molecule has 2 aromatic rings. The highest BCUT2D eigenvalue weighted by Crippen LogP contribution is 2.33. The number of methoxy groups -OCH3 is 1. The lowest BCUT2D eigenvalue weighted by Crippen LogP contribution is -2.37. The monoisotopic (exact) mass is 424 g/mol. The Labute approximate surface area is 184 Å². The number of hydrogen-bond acceptors (Lipinski definition) is 4. The first-order valence-corrected chi connectivity index (χ1v) is 10.9. The zero-order valence-corrected chi connectivity index (χ0v) is 18.9. The molecule has 2 aromatic carbocycles. The summed E-state index contributed by atoms with van der Waals surface area (Å²) in [6, 6.07) is 11.6. The molecule has 6 heteroatoms. The molecule has 2 amide bonds. The first-order valence-electron chi connectivity index (χ1n) is 10.9. The summed E-state index contributed by atoms with van der Waals surface area (Å²) in [4.78, 5) is 26.5. The summed E-state index contributed by atoms with van der Waals surface area (Å²) in [6.45, 7) is 6.45. The Morgan fingerprint density at radius 3 is 2.42 bits per heavy atom. The highest BCUT2D eigenvalue weighted by molar-refractivity contribution is 5.95. The fourth-order valence-electron chi connectivity index (χ4n) is 4.15. The van der Waals surface area contributed by atoms with Gasteiger partial charge in [0.05, 0.1) is 6.61 Å². The quantitative estimate of drug-likeness (QED) is 0.620. The van der Waals surface area contributed by atoms with Crippen LogP contribution in [0.2, 0.25) is 0 Å². The summed E-state index contributed by atoms with van der Waals surface area (Å²) in [6.07, 6.45) is 4.46. The van der Waals surface area contributed by atoms with E-state index < -0.39 is 0 Å². The fourth-order valence-corrected chi connectivity index (χ4v) is 4.15. The van der Waals surface area contributed by atoms with Crippen molar-refractivity contribution in [3.05, 3.63) is 53.1 Å². The summed E-state index contributed by atoms with van der Waals surface area (Å²) >= 11 is 0. The van der Waals surface area contributed by atoms with E-state index >= 15 is 0 Å². The number of amides is 2. The van der Waals surface area contributed by atoms with Gasteiger partial charge in [0, 0.05) is 37.9 Å². The molecule has 1 N–H and O–H groups in total. The van der Waals surface area contributed by atoms with E-state index in [1.165, 1.54) is 12.8 Å². The maximum Gasteiger partial charge on any atom is 0.251 e. The van der Waals surface area contributed by atoms with E-state index in [9.17, 15) is 9.59 Å². The summed E-state index contributed by atoms with van der Waals surface area (Å²) in [7, 11) is 1.60. The molecule has 0 saturated heterocycles. The minimum Gasteiger partial charge on any atom is -0.457 e. The maximum absolute atomic E-state index is 12.3. The van der Waals surface area contributed by atoms with Gasteiger partial charge in [0.1, 0.15) is 11.5 Å². The number of carbonyl (C=O) groups is 2. The highest BCUT2D eigenvalue weighted by Gasteiger charge is 2.26. The zero-order valence-electron chi connectivity index (χ0n) is 18.9. The molecular formula is C25H32N2O4. The smallest absolute Gasteiger partial charge is 0.251 e. The molecule has 1 saturated carbocycles. The van der Waals surface area contributed by atoms with Crippen molar-refractivity contribution in [2.45, 2.75) is 52.5 Å². The first kappa shape index (κ1) is 22.8. The average Bonchev–Trinajstić information content (AvgIpc) is 3.24. The van der Waals surface area contributed by atoms with Gasteiger partial charge in [-0.3, -0.25) is 9.59 Å². The van der Waals surface area contributed by atoms with Gasteiger partial charge in [0.25, 0.3) is 5.91 Å². The largest absolute Gasteiger partial charge is 0.457 e. The second-order valence-electron chi connectivity index (χ2n) is 8.10. The van der Waals surface area contributed by atoms with Crippen LogP contribution < -0.4 is 15.0 Å². The molecule has 0 bridgehead atoms. The molecule has 0 aromatic heterocycles. The summed E-state index contributed by atoms with van der Waals surface area (Å²) in [5, 5.41) is 2.83. The highest BCUT2D eigenvalue weighted by atomic mass is 16.5. The SMILES string of the molecule is COCCNC(=O)c1ccc(Oc2ccc(N(C(C)=O)C3CCCC3)cc2C)cc1C. The summed E-state index contributed by atoms with van der Waals surface area (Å²) in [5.74, 6) is 1.35. The Balaban J connectivity index is 1.73. The number of benzene rings is 2. The molecule has 1 aliphatic rings. The summed E-state index contributed by atoms with van der Waals surface area (Å²) in [5.41, 5.74) is 3.33. The Kier molecular flexibility index (Phi) is 7.69. The molecule has 3 rings (SSSR count). The molecule has 0 radical (unpaired) electrons. The number of ether oxygens (including phenoxy) is 2. The number of carbonyl (C=O) groups excluding carboxylic acids is 2. The first-order chi connectivity index (χ1) is 14.9. The third-order valence-corrected chi connectivity index (χ3v) is 5.73. The number of aryl methyl sites for hydroxylation is 2. The number of hydrogen-bond donors (Lipinski definition) is 1. The lowest BCUT2D eigenvalue weighted by atomic mass is 10.1. The van der Waals surface area contributed by atoms with E-state index in [4.69, 9.17) is 9.47 Å². The zero-order chi connectivity index (χ0) is 22.4. The predicted molar refractivity (Wildman–Crippen MR) is 122 cm³/mol. The van der Waals surface area contributed by atoms with E-state index in [2.05, 4.69) is 5.32 Å². The van der Waals surface area contributed by atoms with E-state index in [-0.39, 0.29) is 17.9 Å². The van der Waals surface area contributed by atoms with E-state index in [1.54, 1.807) is 26.2 Å². The van der Waals surface area contributed by atoms with Gasteiger partial charge < -0.3 is 19.7 Å². The van der Waals surface area contributed by atoms with Crippen LogP contribution in [0, 0.1) is 13.8 Å². The van der Waals surface area contributed by atoms with Crippen LogP contribution in [0.25, 0.3) is 0 Å². The molecule has 6 nitrogen and oxygen atoms in total. The van der Waals surface area contributed by atoms with Crippen LogP contribution in [0.3, 0.4) is 0 Å². The van der Waals surface area contributed by atoms with Gasteiger partial charge >= 0.3 is 0 Å². The van der Waals surface area contributed by atoms with Crippen LogP contribution in [0.15, 0.2) is 36.4 Å². The van der Waals surface area contributed by atoms with Gasteiger partial charge in [-0.15, -0.1) is 0 Å². The van der Waals surface area contributed by atoms with Crippen molar-refractivity contribution < 1.29 is 19.1 Å². The molecule has 0 heterocycles. The predicted octanol–water partition coefficient (Wildman–Crippen LogP) is 4.77. The van der Waals surface area contributed by atoms with Crippen LogP contribution in [0.5, 0.6) is 11.5 Å².